The summed E-state index contributed by atoms with van der Waals surface area (Å²) in [6.07, 6.45) is 0.404. The van der Waals surface area contributed by atoms with E-state index >= 15 is 0 Å². The van der Waals surface area contributed by atoms with Gasteiger partial charge in [0.1, 0.15) is 11.6 Å². The average Bonchev–Trinajstić information content (AvgIpc) is 2.80. The molecule has 0 amide bonds. The maximum Gasteiger partial charge on any atom is 0.128 e. The van der Waals surface area contributed by atoms with E-state index < -0.39 is 17.7 Å². The molecule has 0 saturated heterocycles. The number of benzene rings is 1. The second-order valence-corrected chi connectivity index (χ2v) is 6.80. The van der Waals surface area contributed by atoms with Gasteiger partial charge in [0.05, 0.1) is 10.7 Å². The minimum absolute atomic E-state index is 0.0249. The van der Waals surface area contributed by atoms with Gasteiger partial charge < -0.3 is 5.73 Å². The summed E-state index contributed by atoms with van der Waals surface area (Å²) >= 11 is 1.50. The fraction of sp³-hybridized carbons (Fsp3) is 0.400. The van der Waals surface area contributed by atoms with Crippen LogP contribution in [0.2, 0.25) is 0 Å². The van der Waals surface area contributed by atoms with Crippen molar-refractivity contribution < 1.29 is 8.78 Å². The second-order valence-electron chi connectivity index (χ2n) is 5.85. The Morgan fingerprint density at radius 3 is 2.60 bits per heavy atom. The second kappa shape index (κ2) is 5.58. The molecule has 2 rings (SSSR count). The lowest BCUT2D eigenvalue weighted by molar-refractivity contribution is 0.555. The van der Waals surface area contributed by atoms with E-state index in [4.69, 9.17) is 5.73 Å². The number of hydrogen-bond acceptors (Lipinski definition) is 3. The zero-order chi connectivity index (χ0) is 14.9. The molecule has 0 spiro atoms. The Kier molecular flexibility index (Phi) is 4.20. The first-order valence-corrected chi connectivity index (χ1v) is 7.31. The molecule has 2 N–H and O–H groups in total. The van der Waals surface area contributed by atoms with Gasteiger partial charge in [-0.1, -0.05) is 20.8 Å². The highest BCUT2D eigenvalue weighted by Crippen LogP contribution is 2.27. The van der Waals surface area contributed by atoms with Gasteiger partial charge in [0.25, 0.3) is 0 Å². The van der Waals surface area contributed by atoms with E-state index in [-0.39, 0.29) is 11.0 Å². The average molecular weight is 296 g/mol. The molecule has 0 radical (unpaired) electrons. The van der Waals surface area contributed by atoms with Crippen molar-refractivity contribution in [2.24, 2.45) is 5.73 Å². The van der Waals surface area contributed by atoms with Gasteiger partial charge in [-0.3, -0.25) is 0 Å². The van der Waals surface area contributed by atoms with Crippen LogP contribution in [-0.4, -0.2) is 4.98 Å². The summed E-state index contributed by atoms with van der Waals surface area (Å²) in [6, 6.07) is 2.75. The molecule has 20 heavy (non-hydrogen) atoms. The van der Waals surface area contributed by atoms with Gasteiger partial charge in [-0.05, 0) is 18.2 Å². The van der Waals surface area contributed by atoms with Gasteiger partial charge >= 0.3 is 0 Å². The van der Waals surface area contributed by atoms with Crippen LogP contribution in [0.1, 0.15) is 43.1 Å². The standard InChI is InChI=1S/C15H18F2N2S/c1-15(2,3)13-8-20-14(19-13)7-12(18)10-6-9(16)4-5-11(10)17/h4-6,8,12H,7,18H2,1-3H3. The highest BCUT2D eigenvalue weighted by atomic mass is 32.1. The molecular weight excluding hydrogens is 278 g/mol. The minimum atomic E-state index is -0.593. The Morgan fingerprint density at radius 2 is 2.00 bits per heavy atom. The predicted octanol–water partition coefficient (Wildman–Crippen LogP) is 3.96. The van der Waals surface area contributed by atoms with E-state index in [0.29, 0.717) is 6.42 Å². The van der Waals surface area contributed by atoms with Crippen LogP contribution in [0, 0.1) is 11.6 Å². The normalized spacial score (nSPS) is 13.5. The topological polar surface area (TPSA) is 38.9 Å². The van der Waals surface area contributed by atoms with E-state index in [0.717, 1.165) is 28.9 Å². The van der Waals surface area contributed by atoms with Crippen molar-refractivity contribution in [2.75, 3.05) is 0 Å². The molecule has 0 aliphatic rings. The quantitative estimate of drug-likeness (QED) is 0.931. The van der Waals surface area contributed by atoms with Crippen LogP contribution in [0.4, 0.5) is 8.78 Å². The van der Waals surface area contributed by atoms with E-state index in [2.05, 4.69) is 25.8 Å². The van der Waals surface area contributed by atoms with Crippen molar-refractivity contribution in [3.63, 3.8) is 0 Å². The fourth-order valence-electron chi connectivity index (χ4n) is 1.85. The first-order valence-electron chi connectivity index (χ1n) is 6.43. The summed E-state index contributed by atoms with van der Waals surface area (Å²) in [5, 5.41) is 2.83. The van der Waals surface area contributed by atoms with E-state index in [1.165, 1.54) is 11.3 Å². The first-order chi connectivity index (χ1) is 9.27. The Hall–Kier alpha value is -1.33. The van der Waals surface area contributed by atoms with Crippen LogP contribution in [0.25, 0.3) is 0 Å². The van der Waals surface area contributed by atoms with E-state index in [9.17, 15) is 8.78 Å². The molecule has 108 valence electrons. The Balaban J connectivity index is 2.17. The molecule has 0 aliphatic heterocycles. The molecular formula is C15H18F2N2S. The monoisotopic (exact) mass is 296 g/mol. The molecule has 0 bridgehead atoms. The fourth-order valence-corrected chi connectivity index (χ4v) is 2.93. The summed E-state index contributed by atoms with van der Waals surface area (Å²) in [7, 11) is 0. The van der Waals surface area contributed by atoms with Crippen LogP contribution < -0.4 is 5.73 Å². The zero-order valence-electron chi connectivity index (χ0n) is 11.8. The van der Waals surface area contributed by atoms with Crippen LogP contribution in [0.5, 0.6) is 0 Å². The van der Waals surface area contributed by atoms with Gasteiger partial charge in [-0.2, -0.15) is 0 Å². The highest BCUT2D eigenvalue weighted by Gasteiger charge is 2.19. The van der Waals surface area contributed by atoms with Crippen LogP contribution in [0.15, 0.2) is 23.6 Å². The Labute approximate surface area is 121 Å². The van der Waals surface area contributed by atoms with Crippen molar-refractivity contribution in [2.45, 2.75) is 38.6 Å². The van der Waals surface area contributed by atoms with E-state index in [1.807, 2.05) is 5.38 Å². The van der Waals surface area contributed by atoms with Crippen molar-refractivity contribution in [1.82, 2.24) is 4.98 Å². The number of aromatic nitrogens is 1. The van der Waals surface area contributed by atoms with Crippen molar-refractivity contribution in [3.8, 4) is 0 Å². The number of halogens is 2. The third kappa shape index (κ3) is 3.41. The summed E-state index contributed by atoms with van der Waals surface area (Å²) in [6.45, 7) is 6.24. The molecule has 1 heterocycles. The Bertz CT molecular complexity index is 602. The molecule has 2 nitrogen and oxygen atoms in total. The third-order valence-electron chi connectivity index (χ3n) is 3.07. The largest absolute Gasteiger partial charge is 0.324 e. The lowest BCUT2D eigenvalue weighted by atomic mass is 9.93. The molecule has 0 aliphatic carbocycles. The van der Waals surface area contributed by atoms with Gasteiger partial charge in [0.15, 0.2) is 0 Å². The first kappa shape index (κ1) is 15.1. The molecule has 0 fully saturated rings. The molecule has 1 atom stereocenters. The van der Waals surface area contributed by atoms with Crippen molar-refractivity contribution in [1.29, 1.82) is 0 Å². The van der Waals surface area contributed by atoms with Gasteiger partial charge in [-0.15, -0.1) is 11.3 Å². The van der Waals surface area contributed by atoms with Gasteiger partial charge in [0.2, 0.25) is 0 Å². The maximum absolute atomic E-state index is 13.7. The minimum Gasteiger partial charge on any atom is -0.324 e. The Morgan fingerprint density at radius 1 is 1.30 bits per heavy atom. The maximum atomic E-state index is 13.7. The van der Waals surface area contributed by atoms with Crippen LogP contribution >= 0.6 is 11.3 Å². The van der Waals surface area contributed by atoms with Gasteiger partial charge in [-0.25, -0.2) is 13.8 Å². The number of thiazole rings is 1. The molecule has 0 saturated carbocycles. The molecule has 1 aromatic heterocycles. The van der Waals surface area contributed by atoms with Crippen LogP contribution in [0.3, 0.4) is 0 Å². The van der Waals surface area contributed by atoms with Crippen molar-refractivity contribution in [3.05, 3.63) is 51.5 Å². The van der Waals surface area contributed by atoms with Crippen LogP contribution in [-0.2, 0) is 11.8 Å². The predicted molar refractivity (Wildman–Crippen MR) is 77.8 cm³/mol. The lowest BCUT2D eigenvalue weighted by Crippen LogP contribution is -2.16. The molecule has 1 unspecified atom stereocenters. The zero-order valence-corrected chi connectivity index (χ0v) is 12.6. The number of rotatable bonds is 3. The van der Waals surface area contributed by atoms with Gasteiger partial charge in [0, 0.05) is 28.8 Å². The summed E-state index contributed by atoms with van der Waals surface area (Å²) in [5.41, 5.74) is 7.13. The number of hydrogen-bond donors (Lipinski definition) is 1. The third-order valence-corrected chi connectivity index (χ3v) is 3.94. The number of nitrogens with zero attached hydrogens (tertiary/aromatic N) is 1. The van der Waals surface area contributed by atoms with E-state index in [1.54, 1.807) is 0 Å². The smallest absolute Gasteiger partial charge is 0.128 e. The summed E-state index contributed by atoms with van der Waals surface area (Å²) in [5.74, 6) is -0.960. The molecule has 1 aromatic carbocycles. The van der Waals surface area contributed by atoms with Crippen molar-refractivity contribution >= 4 is 11.3 Å². The SMILES string of the molecule is CC(C)(C)c1csc(CC(N)c2cc(F)ccc2F)n1. The summed E-state index contributed by atoms with van der Waals surface area (Å²) in [4.78, 5) is 4.52. The lowest BCUT2D eigenvalue weighted by Gasteiger charge is -2.15. The summed E-state index contributed by atoms with van der Waals surface area (Å²) < 4.78 is 26.8. The molecule has 2 aromatic rings. The molecule has 5 heteroatoms. The number of nitrogens with two attached hydrogens (primary N) is 1. The highest BCUT2D eigenvalue weighted by molar-refractivity contribution is 7.09.